The molecule has 0 aromatic carbocycles. The first-order valence-electron chi connectivity index (χ1n) is 5.46. The lowest BCUT2D eigenvalue weighted by Crippen LogP contribution is -2.17. The Labute approximate surface area is 90.2 Å². The van der Waals surface area contributed by atoms with Crippen LogP contribution >= 0.6 is 0 Å². The highest BCUT2D eigenvalue weighted by Gasteiger charge is 2.04. The van der Waals surface area contributed by atoms with Crippen molar-refractivity contribution in [2.24, 2.45) is 0 Å². The Hall–Kier alpha value is -0.940. The number of nitrogens with zero attached hydrogens (tertiary/aromatic N) is 2. The first-order valence-corrected chi connectivity index (χ1v) is 5.46. The van der Waals surface area contributed by atoms with Gasteiger partial charge in [-0.1, -0.05) is 6.92 Å². The zero-order valence-corrected chi connectivity index (χ0v) is 9.45. The second kappa shape index (κ2) is 7.36. The minimum Gasteiger partial charge on any atom is -0.423 e. The summed E-state index contributed by atoms with van der Waals surface area (Å²) in [6.07, 6.45) is 1.92. The van der Waals surface area contributed by atoms with E-state index in [2.05, 4.69) is 22.4 Å². The fraction of sp³-hybridized carbons (Fsp3) is 0.800. The molecule has 5 heteroatoms. The summed E-state index contributed by atoms with van der Waals surface area (Å²) in [5.74, 6) is 1.23. The molecule has 0 unspecified atom stereocenters. The quantitative estimate of drug-likeness (QED) is 0.656. The predicted octanol–water partition coefficient (Wildman–Crippen LogP) is 1.15. The Bertz CT molecular complexity index is 263. The van der Waals surface area contributed by atoms with Crippen molar-refractivity contribution >= 4 is 0 Å². The Balaban J connectivity index is 2.20. The highest BCUT2D eigenvalue weighted by atomic mass is 16.5. The Kier molecular flexibility index (Phi) is 5.96. The molecule has 5 nitrogen and oxygen atoms in total. The molecule has 0 aliphatic rings. The maximum absolute atomic E-state index is 5.38. The van der Waals surface area contributed by atoms with Gasteiger partial charge in [-0.15, -0.1) is 10.2 Å². The molecule has 0 aliphatic heterocycles. The average Bonchev–Trinajstić information content (AvgIpc) is 2.69. The molecule has 86 valence electrons. The SMILES string of the molecule is CCCNCCc1nnc(COCC)o1. The van der Waals surface area contributed by atoms with Gasteiger partial charge in [0, 0.05) is 19.6 Å². The van der Waals surface area contributed by atoms with Crippen molar-refractivity contribution in [2.45, 2.75) is 33.3 Å². The average molecular weight is 213 g/mol. The van der Waals surface area contributed by atoms with E-state index in [9.17, 15) is 0 Å². The van der Waals surface area contributed by atoms with Crippen molar-refractivity contribution < 1.29 is 9.15 Å². The van der Waals surface area contributed by atoms with Gasteiger partial charge in [-0.05, 0) is 19.9 Å². The molecule has 0 bridgehead atoms. The zero-order valence-electron chi connectivity index (χ0n) is 9.45. The van der Waals surface area contributed by atoms with Crippen molar-refractivity contribution in [3.05, 3.63) is 11.8 Å². The Morgan fingerprint density at radius 3 is 2.73 bits per heavy atom. The maximum atomic E-state index is 5.38. The van der Waals surface area contributed by atoms with Crippen LogP contribution < -0.4 is 5.32 Å². The smallest absolute Gasteiger partial charge is 0.242 e. The number of hydrogen-bond acceptors (Lipinski definition) is 5. The molecule has 0 atom stereocenters. The summed E-state index contributed by atoms with van der Waals surface area (Å²) in [5.41, 5.74) is 0. The molecule has 0 spiro atoms. The van der Waals surface area contributed by atoms with Gasteiger partial charge >= 0.3 is 0 Å². The first-order chi connectivity index (χ1) is 7.36. The van der Waals surface area contributed by atoms with Crippen molar-refractivity contribution in [1.82, 2.24) is 15.5 Å². The third kappa shape index (κ3) is 4.90. The van der Waals surface area contributed by atoms with E-state index in [4.69, 9.17) is 9.15 Å². The van der Waals surface area contributed by atoms with Crippen molar-refractivity contribution in [1.29, 1.82) is 0 Å². The van der Waals surface area contributed by atoms with Gasteiger partial charge in [0.25, 0.3) is 0 Å². The minimum absolute atomic E-state index is 0.409. The van der Waals surface area contributed by atoms with Gasteiger partial charge in [0.2, 0.25) is 11.8 Å². The lowest BCUT2D eigenvalue weighted by atomic mass is 10.4. The van der Waals surface area contributed by atoms with Crippen LogP contribution in [-0.4, -0.2) is 29.9 Å². The van der Waals surface area contributed by atoms with E-state index in [1.807, 2.05) is 6.92 Å². The number of aromatic nitrogens is 2. The van der Waals surface area contributed by atoms with E-state index in [1.54, 1.807) is 0 Å². The monoisotopic (exact) mass is 213 g/mol. The molecule has 0 saturated heterocycles. The molecule has 0 fully saturated rings. The van der Waals surface area contributed by atoms with Crippen LogP contribution in [0.5, 0.6) is 0 Å². The summed E-state index contributed by atoms with van der Waals surface area (Å²) < 4.78 is 10.5. The summed E-state index contributed by atoms with van der Waals surface area (Å²) >= 11 is 0. The molecule has 15 heavy (non-hydrogen) atoms. The van der Waals surface area contributed by atoms with E-state index < -0.39 is 0 Å². The van der Waals surface area contributed by atoms with Gasteiger partial charge in [0.1, 0.15) is 6.61 Å². The lowest BCUT2D eigenvalue weighted by Gasteiger charge is -1.98. The summed E-state index contributed by atoms with van der Waals surface area (Å²) in [6, 6.07) is 0. The van der Waals surface area contributed by atoms with Crippen molar-refractivity contribution in [2.75, 3.05) is 19.7 Å². The van der Waals surface area contributed by atoms with E-state index in [1.165, 1.54) is 0 Å². The van der Waals surface area contributed by atoms with Gasteiger partial charge in [-0.25, -0.2) is 0 Å². The Morgan fingerprint density at radius 1 is 1.20 bits per heavy atom. The zero-order chi connectivity index (χ0) is 10.9. The molecule has 0 aliphatic carbocycles. The lowest BCUT2D eigenvalue weighted by molar-refractivity contribution is 0.113. The molecule has 0 amide bonds. The van der Waals surface area contributed by atoms with Gasteiger partial charge in [0.05, 0.1) is 0 Å². The molecule has 1 rings (SSSR count). The van der Waals surface area contributed by atoms with Crippen molar-refractivity contribution in [3.63, 3.8) is 0 Å². The summed E-state index contributed by atoms with van der Waals surface area (Å²) in [6.45, 7) is 7.05. The number of nitrogens with one attached hydrogen (secondary N) is 1. The summed E-state index contributed by atoms with van der Waals surface area (Å²) in [4.78, 5) is 0. The van der Waals surface area contributed by atoms with Crippen LogP contribution in [0.4, 0.5) is 0 Å². The molecular formula is C10H19N3O2. The highest BCUT2D eigenvalue weighted by Crippen LogP contribution is 2.01. The second-order valence-corrected chi connectivity index (χ2v) is 3.23. The molecule has 0 saturated carbocycles. The second-order valence-electron chi connectivity index (χ2n) is 3.23. The van der Waals surface area contributed by atoms with Crippen LogP contribution in [-0.2, 0) is 17.8 Å². The summed E-state index contributed by atoms with van der Waals surface area (Å²) in [7, 11) is 0. The molecule has 0 radical (unpaired) electrons. The van der Waals surface area contributed by atoms with Gasteiger partial charge in [-0.3, -0.25) is 0 Å². The van der Waals surface area contributed by atoms with Gasteiger partial charge in [0.15, 0.2) is 0 Å². The predicted molar refractivity (Wildman–Crippen MR) is 56.5 cm³/mol. The van der Waals surface area contributed by atoms with E-state index in [0.29, 0.717) is 25.0 Å². The molecule has 1 aromatic rings. The number of rotatable bonds is 8. The van der Waals surface area contributed by atoms with E-state index >= 15 is 0 Å². The maximum Gasteiger partial charge on any atom is 0.242 e. The molecule has 1 N–H and O–H groups in total. The minimum atomic E-state index is 0.409. The third-order valence-corrected chi connectivity index (χ3v) is 1.88. The van der Waals surface area contributed by atoms with Crippen LogP contribution in [0, 0.1) is 0 Å². The van der Waals surface area contributed by atoms with Crippen LogP contribution in [0.3, 0.4) is 0 Å². The fourth-order valence-corrected chi connectivity index (χ4v) is 1.13. The highest BCUT2D eigenvalue weighted by molar-refractivity contribution is 4.81. The standard InChI is InChI=1S/C10H19N3O2/c1-3-6-11-7-5-9-12-13-10(15-9)8-14-4-2/h11H,3-8H2,1-2H3. The normalized spacial score (nSPS) is 10.8. The summed E-state index contributed by atoms with van der Waals surface area (Å²) in [5, 5.41) is 11.1. The van der Waals surface area contributed by atoms with E-state index in [0.717, 1.165) is 25.9 Å². The number of ether oxygens (including phenoxy) is 1. The topological polar surface area (TPSA) is 60.2 Å². The Morgan fingerprint density at radius 2 is 2.00 bits per heavy atom. The van der Waals surface area contributed by atoms with Gasteiger partial charge in [-0.2, -0.15) is 0 Å². The largest absolute Gasteiger partial charge is 0.423 e. The fourth-order valence-electron chi connectivity index (χ4n) is 1.13. The number of hydrogen-bond donors (Lipinski definition) is 1. The van der Waals surface area contributed by atoms with Crippen LogP contribution in [0.15, 0.2) is 4.42 Å². The van der Waals surface area contributed by atoms with Crippen LogP contribution in [0.1, 0.15) is 32.0 Å². The van der Waals surface area contributed by atoms with Crippen molar-refractivity contribution in [3.8, 4) is 0 Å². The van der Waals surface area contributed by atoms with Crippen LogP contribution in [0.2, 0.25) is 0 Å². The third-order valence-electron chi connectivity index (χ3n) is 1.88. The van der Waals surface area contributed by atoms with E-state index in [-0.39, 0.29) is 0 Å². The van der Waals surface area contributed by atoms with Gasteiger partial charge < -0.3 is 14.5 Å². The van der Waals surface area contributed by atoms with Crippen LogP contribution in [0.25, 0.3) is 0 Å². The molecule has 1 heterocycles. The first kappa shape index (κ1) is 12.1. The molecular weight excluding hydrogens is 194 g/mol. The molecule has 1 aromatic heterocycles.